The van der Waals surface area contributed by atoms with Crippen LogP contribution >= 0.6 is 0 Å². The van der Waals surface area contributed by atoms with Crippen LogP contribution in [0, 0.1) is 0 Å². The van der Waals surface area contributed by atoms with Crippen molar-refractivity contribution in [1.29, 1.82) is 0 Å². The van der Waals surface area contributed by atoms with Crippen molar-refractivity contribution >= 4 is 11.9 Å². The van der Waals surface area contributed by atoms with E-state index < -0.39 is 42.6 Å². The lowest BCUT2D eigenvalue weighted by molar-refractivity contribution is -0.301. The van der Waals surface area contributed by atoms with Gasteiger partial charge in [-0.3, -0.25) is 9.59 Å². The molecule has 0 spiro atoms. The van der Waals surface area contributed by atoms with Gasteiger partial charge in [0, 0.05) is 27.1 Å². The summed E-state index contributed by atoms with van der Waals surface area (Å²) in [5.74, 6) is -1.13. The minimum Gasteiger partial charge on any atom is -0.456 e. The maximum atomic E-state index is 11.3. The Balaban J connectivity index is 3.01. The third-order valence-corrected chi connectivity index (χ3v) is 3.06. The van der Waals surface area contributed by atoms with Gasteiger partial charge >= 0.3 is 11.9 Å². The number of ether oxygens (including phenoxy) is 5. The van der Waals surface area contributed by atoms with Crippen molar-refractivity contribution in [3.05, 3.63) is 0 Å². The van der Waals surface area contributed by atoms with E-state index in [9.17, 15) is 14.7 Å². The Kier molecular flexibility index (Phi) is 7.74. The molecule has 0 aromatic heterocycles. The molecule has 1 fully saturated rings. The van der Waals surface area contributed by atoms with Gasteiger partial charge in [-0.1, -0.05) is 0 Å². The predicted molar refractivity (Wildman–Crippen MR) is 73.9 cm³/mol. The van der Waals surface area contributed by atoms with Crippen LogP contribution in [0.1, 0.15) is 27.7 Å². The van der Waals surface area contributed by atoms with E-state index in [1.54, 1.807) is 13.8 Å². The second-order valence-electron chi connectivity index (χ2n) is 4.79. The molecule has 0 saturated carbocycles. The Morgan fingerprint density at radius 1 is 1.00 bits per heavy atom. The van der Waals surface area contributed by atoms with E-state index in [0.29, 0.717) is 6.61 Å². The molecule has 1 aliphatic rings. The average molecular weight is 320 g/mol. The van der Waals surface area contributed by atoms with Gasteiger partial charge in [-0.05, 0) is 13.8 Å². The Labute approximate surface area is 129 Å². The fraction of sp³-hybridized carbons (Fsp3) is 0.857. The van der Waals surface area contributed by atoms with Crippen LogP contribution in [0.3, 0.4) is 0 Å². The summed E-state index contributed by atoms with van der Waals surface area (Å²) in [6, 6.07) is 0. The normalized spacial score (nSPS) is 31.6. The van der Waals surface area contributed by atoms with Gasteiger partial charge in [0.05, 0.1) is 6.61 Å². The van der Waals surface area contributed by atoms with Gasteiger partial charge in [-0.25, -0.2) is 0 Å². The monoisotopic (exact) mass is 320 g/mol. The standard InChI is InChI=1S/C14H24O8/c1-5-18-7-10-11(20-8(3)15)12(21-9(4)16)13(19-6-2)14(17)22-10/h10-14,17H,5-7H2,1-4H3/t10-,11-,12+,13+,14+/m1/s1. The molecule has 8 nitrogen and oxygen atoms in total. The molecule has 22 heavy (non-hydrogen) atoms. The summed E-state index contributed by atoms with van der Waals surface area (Å²) in [6.45, 7) is 6.78. The van der Waals surface area contributed by atoms with E-state index in [-0.39, 0.29) is 13.2 Å². The van der Waals surface area contributed by atoms with Crippen molar-refractivity contribution in [2.75, 3.05) is 19.8 Å². The summed E-state index contributed by atoms with van der Waals surface area (Å²) < 4.78 is 26.5. The Bertz CT molecular complexity index is 372. The molecular formula is C14H24O8. The second kappa shape index (κ2) is 9.04. The van der Waals surface area contributed by atoms with Crippen LogP contribution in [-0.2, 0) is 33.3 Å². The van der Waals surface area contributed by atoms with Gasteiger partial charge in [-0.2, -0.15) is 0 Å². The van der Waals surface area contributed by atoms with Gasteiger partial charge < -0.3 is 28.8 Å². The lowest BCUT2D eigenvalue weighted by Gasteiger charge is -2.43. The van der Waals surface area contributed by atoms with Gasteiger partial charge in [0.2, 0.25) is 0 Å². The fourth-order valence-electron chi connectivity index (χ4n) is 2.29. The summed E-state index contributed by atoms with van der Waals surface area (Å²) in [6.07, 6.45) is -4.93. The molecule has 1 aliphatic heterocycles. The minimum atomic E-state index is -1.32. The first-order valence-corrected chi connectivity index (χ1v) is 7.28. The summed E-state index contributed by atoms with van der Waals surface area (Å²) >= 11 is 0. The Morgan fingerprint density at radius 2 is 1.59 bits per heavy atom. The molecule has 128 valence electrons. The maximum absolute atomic E-state index is 11.3. The molecular weight excluding hydrogens is 296 g/mol. The predicted octanol–water partition coefficient (Wildman–Crippen LogP) is 0.00860. The van der Waals surface area contributed by atoms with Gasteiger partial charge in [0.25, 0.3) is 0 Å². The molecule has 1 rings (SSSR count). The van der Waals surface area contributed by atoms with Crippen LogP contribution in [0.2, 0.25) is 0 Å². The van der Waals surface area contributed by atoms with E-state index in [4.69, 9.17) is 23.7 Å². The van der Waals surface area contributed by atoms with Crippen molar-refractivity contribution < 1.29 is 38.4 Å². The third-order valence-electron chi connectivity index (χ3n) is 3.06. The van der Waals surface area contributed by atoms with E-state index in [0.717, 1.165) is 0 Å². The Morgan fingerprint density at radius 3 is 2.09 bits per heavy atom. The van der Waals surface area contributed by atoms with Crippen molar-refractivity contribution in [2.24, 2.45) is 0 Å². The van der Waals surface area contributed by atoms with E-state index in [1.807, 2.05) is 0 Å². The smallest absolute Gasteiger partial charge is 0.303 e. The highest BCUT2D eigenvalue weighted by molar-refractivity contribution is 5.67. The number of hydrogen-bond acceptors (Lipinski definition) is 8. The number of carbonyl (C=O) groups is 2. The number of rotatable bonds is 7. The van der Waals surface area contributed by atoms with Gasteiger partial charge in [0.15, 0.2) is 18.5 Å². The molecule has 0 amide bonds. The topological polar surface area (TPSA) is 101 Å². The largest absolute Gasteiger partial charge is 0.456 e. The number of esters is 2. The van der Waals surface area contributed by atoms with Crippen molar-refractivity contribution in [3.63, 3.8) is 0 Å². The van der Waals surface area contributed by atoms with E-state index >= 15 is 0 Å². The molecule has 1 N–H and O–H groups in total. The van der Waals surface area contributed by atoms with Crippen LogP contribution < -0.4 is 0 Å². The minimum absolute atomic E-state index is 0.0854. The highest BCUT2D eigenvalue weighted by atomic mass is 16.7. The number of aliphatic hydroxyl groups excluding tert-OH is 1. The van der Waals surface area contributed by atoms with Crippen LogP contribution in [-0.4, -0.2) is 67.6 Å². The lowest BCUT2D eigenvalue weighted by atomic mass is 9.98. The molecule has 0 bridgehead atoms. The molecule has 0 aromatic carbocycles. The maximum Gasteiger partial charge on any atom is 0.303 e. The van der Waals surface area contributed by atoms with E-state index in [2.05, 4.69) is 0 Å². The third kappa shape index (κ3) is 5.20. The summed E-state index contributed by atoms with van der Waals surface area (Å²) in [4.78, 5) is 22.7. The molecule has 1 saturated heterocycles. The number of aliphatic hydroxyl groups is 1. The summed E-state index contributed by atoms with van der Waals surface area (Å²) in [5.41, 5.74) is 0. The number of hydrogen-bond donors (Lipinski definition) is 1. The zero-order chi connectivity index (χ0) is 16.7. The summed E-state index contributed by atoms with van der Waals surface area (Å²) in [5, 5.41) is 10.1. The second-order valence-corrected chi connectivity index (χ2v) is 4.79. The van der Waals surface area contributed by atoms with Crippen LogP contribution in [0.5, 0.6) is 0 Å². The lowest BCUT2D eigenvalue weighted by Crippen LogP contribution is -2.62. The zero-order valence-corrected chi connectivity index (χ0v) is 13.3. The van der Waals surface area contributed by atoms with Gasteiger partial charge in [-0.15, -0.1) is 0 Å². The Hall–Kier alpha value is -1.22. The zero-order valence-electron chi connectivity index (χ0n) is 13.3. The van der Waals surface area contributed by atoms with Gasteiger partial charge in [0.1, 0.15) is 12.2 Å². The summed E-state index contributed by atoms with van der Waals surface area (Å²) in [7, 11) is 0. The quantitative estimate of drug-likeness (QED) is 0.655. The average Bonchev–Trinajstić information content (AvgIpc) is 2.43. The highest BCUT2D eigenvalue weighted by Gasteiger charge is 2.50. The first kappa shape index (κ1) is 18.8. The highest BCUT2D eigenvalue weighted by Crippen LogP contribution is 2.27. The first-order chi connectivity index (χ1) is 10.4. The molecule has 0 aromatic rings. The van der Waals surface area contributed by atoms with Crippen LogP contribution in [0.15, 0.2) is 0 Å². The SMILES string of the molecule is CCOC[C@H]1O[C@H](O)[C@@H](OCC)[C@@H](OC(C)=O)[C@@H]1OC(C)=O. The van der Waals surface area contributed by atoms with E-state index in [1.165, 1.54) is 13.8 Å². The molecule has 0 unspecified atom stereocenters. The molecule has 1 heterocycles. The number of carbonyl (C=O) groups excluding carboxylic acids is 2. The molecule has 0 radical (unpaired) electrons. The molecule has 0 aliphatic carbocycles. The van der Waals surface area contributed by atoms with Crippen LogP contribution in [0.25, 0.3) is 0 Å². The fourth-order valence-corrected chi connectivity index (χ4v) is 2.29. The molecule has 8 heteroatoms. The van der Waals surface area contributed by atoms with Crippen molar-refractivity contribution in [1.82, 2.24) is 0 Å². The van der Waals surface area contributed by atoms with Crippen molar-refractivity contribution in [3.8, 4) is 0 Å². The molecule has 5 atom stereocenters. The van der Waals surface area contributed by atoms with Crippen molar-refractivity contribution in [2.45, 2.75) is 58.4 Å². The first-order valence-electron chi connectivity index (χ1n) is 7.28. The van der Waals surface area contributed by atoms with Crippen LogP contribution in [0.4, 0.5) is 0 Å².